The van der Waals surface area contributed by atoms with Crippen LogP contribution in [0.1, 0.15) is 37.7 Å². The molecule has 3 rings (SSSR count). The maximum absolute atomic E-state index is 12.8. The number of amides is 2. The second-order valence-corrected chi connectivity index (χ2v) is 7.55. The summed E-state index contributed by atoms with van der Waals surface area (Å²) in [7, 11) is 0. The first-order chi connectivity index (χ1) is 12.6. The Bertz CT molecular complexity index is 616. The molecule has 1 aliphatic carbocycles. The predicted molar refractivity (Wildman–Crippen MR) is 116 cm³/mol. The average Bonchev–Trinajstić information content (AvgIpc) is 2.68. The van der Waals surface area contributed by atoms with Gasteiger partial charge in [0, 0.05) is 32.7 Å². The van der Waals surface area contributed by atoms with Gasteiger partial charge in [-0.25, -0.2) is 0 Å². The van der Waals surface area contributed by atoms with E-state index in [1.807, 2.05) is 35.2 Å². The van der Waals surface area contributed by atoms with E-state index >= 15 is 0 Å². The molecule has 3 N–H and O–H groups in total. The topological polar surface area (TPSA) is 78.7 Å². The van der Waals surface area contributed by atoms with E-state index in [1.165, 1.54) is 6.42 Å². The number of nitrogens with two attached hydrogens (primary N) is 1. The van der Waals surface area contributed by atoms with Gasteiger partial charge in [-0.15, -0.1) is 24.8 Å². The Morgan fingerprint density at radius 1 is 0.964 bits per heavy atom. The molecule has 2 amide bonds. The molecule has 1 saturated heterocycles. The first-order valence-corrected chi connectivity index (χ1v) is 9.68. The molecule has 0 spiro atoms. The summed E-state index contributed by atoms with van der Waals surface area (Å²) < 4.78 is 0. The van der Waals surface area contributed by atoms with Crippen LogP contribution < -0.4 is 11.1 Å². The summed E-state index contributed by atoms with van der Waals surface area (Å²) in [5.41, 5.74) is 6.81. The van der Waals surface area contributed by atoms with Crippen LogP contribution in [0.4, 0.5) is 0 Å². The fraction of sp³-hybridized carbons (Fsp3) is 0.600. The molecule has 0 atom stereocenters. The zero-order chi connectivity index (χ0) is 18.4. The van der Waals surface area contributed by atoms with Gasteiger partial charge in [0.05, 0.1) is 12.1 Å². The predicted octanol–water partition coefficient (Wildman–Crippen LogP) is 1.95. The maximum Gasteiger partial charge on any atom is 0.242 e. The Kier molecular flexibility index (Phi) is 10.2. The van der Waals surface area contributed by atoms with Gasteiger partial charge in [-0.1, -0.05) is 49.6 Å². The van der Waals surface area contributed by atoms with Gasteiger partial charge in [-0.2, -0.15) is 0 Å². The normalized spacial score (nSPS) is 19.1. The number of carbonyl (C=O) groups excluding carboxylic acids is 2. The minimum atomic E-state index is -0.659. The lowest BCUT2D eigenvalue weighted by Gasteiger charge is -2.40. The number of hydrogen-bond donors (Lipinski definition) is 2. The second kappa shape index (κ2) is 11.6. The van der Waals surface area contributed by atoms with E-state index in [4.69, 9.17) is 5.73 Å². The lowest BCUT2D eigenvalue weighted by molar-refractivity contribution is -0.140. The number of piperazine rings is 1. The molecule has 1 aliphatic heterocycles. The number of hydrogen-bond acceptors (Lipinski definition) is 4. The fourth-order valence-corrected chi connectivity index (χ4v) is 3.88. The van der Waals surface area contributed by atoms with Crippen LogP contribution >= 0.6 is 24.8 Å². The van der Waals surface area contributed by atoms with Crippen LogP contribution in [0.3, 0.4) is 0 Å². The van der Waals surface area contributed by atoms with Crippen molar-refractivity contribution in [3.8, 4) is 0 Å². The summed E-state index contributed by atoms with van der Waals surface area (Å²) in [6, 6.07) is 9.89. The van der Waals surface area contributed by atoms with Crippen LogP contribution in [0.2, 0.25) is 0 Å². The van der Waals surface area contributed by atoms with Crippen LogP contribution in [0, 0.1) is 0 Å². The van der Waals surface area contributed by atoms with E-state index in [-0.39, 0.29) is 36.6 Å². The molecule has 158 valence electrons. The highest BCUT2D eigenvalue weighted by molar-refractivity contribution is 5.86. The largest absolute Gasteiger partial charge is 0.351 e. The first kappa shape index (κ1) is 24.7. The van der Waals surface area contributed by atoms with Gasteiger partial charge in [-0.3, -0.25) is 14.5 Å². The molecule has 0 unspecified atom stereocenters. The summed E-state index contributed by atoms with van der Waals surface area (Å²) in [6.45, 7) is 3.69. The van der Waals surface area contributed by atoms with Gasteiger partial charge in [0.2, 0.25) is 11.8 Å². The summed E-state index contributed by atoms with van der Waals surface area (Å²) in [5, 5.41) is 2.96. The zero-order valence-electron chi connectivity index (χ0n) is 16.3. The zero-order valence-corrected chi connectivity index (χ0v) is 17.9. The lowest BCUT2D eigenvalue weighted by Crippen LogP contribution is -2.60. The Morgan fingerprint density at radius 2 is 1.57 bits per heavy atom. The van der Waals surface area contributed by atoms with Crippen molar-refractivity contribution in [2.75, 3.05) is 32.7 Å². The molecular formula is C20H32Cl2N4O2. The molecule has 0 radical (unpaired) electrons. The number of rotatable bonds is 5. The molecule has 0 bridgehead atoms. The molecule has 1 aromatic rings. The maximum atomic E-state index is 12.8. The Balaban J connectivity index is 0.00000196. The van der Waals surface area contributed by atoms with E-state index in [1.54, 1.807) is 0 Å². The second-order valence-electron chi connectivity index (χ2n) is 7.55. The van der Waals surface area contributed by atoms with Crippen molar-refractivity contribution >= 4 is 36.6 Å². The first-order valence-electron chi connectivity index (χ1n) is 9.68. The van der Waals surface area contributed by atoms with Gasteiger partial charge >= 0.3 is 0 Å². The SMILES string of the molecule is Cl.Cl.NC1(C(=O)N2CCN(CC(=O)NCc3ccccc3)CC2)CCCCC1. The van der Waals surface area contributed by atoms with Crippen LogP contribution in [-0.4, -0.2) is 59.9 Å². The smallest absolute Gasteiger partial charge is 0.242 e. The molecule has 1 saturated carbocycles. The third-order valence-electron chi connectivity index (χ3n) is 5.53. The van der Waals surface area contributed by atoms with Gasteiger partial charge in [0.1, 0.15) is 0 Å². The highest BCUT2D eigenvalue weighted by Crippen LogP contribution is 2.28. The standard InChI is InChI=1S/C20H30N4O2.2ClH/c21-20(9-5-2-6-10-20)19(26)24-13-11-23(12-14-24)16-18(25)22-15-17-7-3-1-4-8-17;;/h1,3-4,7-8H,2,5-6,9-16,21H2,(H,22,25);2*1H. The fourth-order valence-electron chi connectivity index (χ4n) is 3.88. The van der Waals surface area contributed by atoms with Crippen molar-refractivity contribution in [1.29, 1.82) is 0 Å². The number of carbonyl (C=O) groups is 2. The van der Waals surface area contributed by atoms with E-state index < -0.39 is 5.54 Å². The third-order valence-corrected chi connectivity index (χ3v) is 5.53. The summed E-state index contributed by atoms with van der Waals surface area (Å²) >= 11 is 0. The van der Waals surface area contributed by atoms with Crippen LogP contribution in [0.25, 0.3) is 0 Å². The Labute approximate surface area is 180 Å². The van der Waals surface area contributed by atoms with Crippen molar-refractivity contribution in [3.05, 3.63) is 35.9 Å². The minimum absolute atomic E-state index is 0. The van der Waals surface area contributed by atoms with Gasteiger partial charge < -0.3 is 16.0 Å². The van der Waals surface area contributed by atoms with E-state index in [2.05, 4.69) is 10.2 Å². The van der Waals surface area contributed by atoms with E-state index in [0.29, 0.717) is 26.2 Å². The Hall–Kier alpha value is -1.34. The van der Waals surface area contributed by atoms with Crippen molar-refractivity contribution in [2.24, 2.45) is 5.73 Å². The Morgan fingerprint density at radius 3 is 2.18 bits per heavy atom. The van der Waals surface area contributed by atoms with Crippen molar-refractivity contribution in [3.63, 3.8) is 0 Å². The molecule has 8 heteroatoms. The molecule has 6 nitrogen and oxygen atoms in total. The van der Waals surface area contributed by atoms with Crippen LogP contribution in [0.15, 0.2) is 30.3 Å². The third kappa shape index (κ3) is 6.62. The highest BCUT2D eigenvalue weighted by atomic mass is 35.5. The van der Waals surface area contributed by atoms with Gasteiger partial charge in [0.25, 0.3) is 0 Å². The van der Waals surface area contributed by atoms with E-state index in [0.717, 1.165) is 44.3 Å². The minimum Gasteiger partial charge on any atom is -0.351 e. The monoisotopic (exact) mass is 430 g/mol. The molecule has 28 heavy (non-hydrogen) atoms. The molecular weight excluding hydrogens is 399 g/mol. The molecule has 1 heterocycles. The molecule has 0 aromatic heterocycles. The molecule has 1 aromatic carbocycles. The average molecular weight is 431 g/mol. The van der Waals surface area contributed by atoms with E-state index in [9.17, 15) is 9.59 Å². The number of halogens is 2. The van der Waals surface area contributed by atoms with Crippen molar-refractivity contribution in [1.82, 2.24) is 15.1 Å². The quantitative estimate of drug-likeness (QED) is 0.747. The summed E-state index contributed by atoms with van der Waals surface area (Å²) in [5.74, 6) is 0.126. The van der Waals surface area contributed by atoms with Crippen LogP contribution in [0.5, 0.6) is 0 Å². The molecule has 2 fully saturated rings. The van der Waals surface area contributed by atoms with Gasteiger partial charge in [-0.05, 0) is 18.4 Å². The molecule has 2 aliphatic rings. The lowest BCUT2D eigenvalue weighted by atomic mass is 9.81. The van der Waals surface area contributed by atoms with Gasteiger partial charge in [0.15, 0.2) is 0 Å². The number of nitrogens with zero attached hydrogens (tertiary/aromatic N) is 2. The van der Waals surface area contributed by atoms with Crippen molar-refractivity contribution in [2.45, 2.75) is 44.2 Å². The summed E-state index contributed by atoms with van der Waals surface area (Å²) in [6.07, 6.45) is 4.87. The van der Waals surface area contributed by atoms with Crippen molar-refractivity contribution < 1.29 is 9.59 Å². The number of benzene rings is 1. The highest BCUT2D eigenvalue weighted by Gasteiger charge is 2.39. The van der Waals surface area contributed by atoms with Crippen LogP contribution in [-0.2, 0) is 16.1 Å². The number of nitrogens with one attached hydrogen (secondary N) is 1. The summed E-state index contributed by atoms with van der Waals surface area (Å²) in [4.78, 5) is 28.9.